The van der Waals surface area contributed by atoms with Crippen molar-refractivity contribution in [3.8, 4) is 0 Å². The van der Waals surface area contributed by atoms with Crippen LogP contribution in [0.15, 0.2) is 11.1 Å². The highest BCUT2D eigenvalue weighted by Gasteiger charge is 2.25. The van der Waals surface area contributed by atoms with Crippen molar-refractivity contribution in [3.05, 3.63) is 11.9 Å². The van der Waals surface area contributed by atoms with E-state index in [0.29, 0.717) is 25.2 Å². The van der Waals surface area contributed by atoms with Crippen molar-refractivity contribution >= 4 is 15.7 Å². The van der Waals surface area contributed by atoms with Gasteiger partial charge in [0.05, 0.1) is 11.9 Å². The van der Waals surface area contributed by atoms with Gasteiger partial charge >= 0.3 is 0 Å². The maximum atomic E-state index is 11.6. The third-order valence-corrected chi connectivity index (χ3v) is 4.73. The average Bonchev–Trinajstić information content (AvgIpc) is 2.86. The third kappa shape index (κ3) is 3.37. The molecule has 0 saturated carbocycles. The van der Waals surface area contributed by atoms with Gasteiger partial charge in [-0.2, -0.15) is 5.10 Å². The number of rotatable bonds is 4. The average molecular weight is 301 g/mol. The fourth-order valence-corrected chi connectivity index (χ4v) is 3.44. The smallest absolute Gasteiger partial charge is 0.248 e. The molecule has 7 nitrogen and oxygen atoms in total. The minimum atomic E-state index is -3.29. The molecular weight excluding hydrogens is 282 g/mol. The Balaban J connectivity index is 2.07. The van der Waals surface area contributed by atoms with Gasteiger partial charge in [-0.25, -0.2) is 8.42 Å². The van der Waals surface area contributed by atoms with Crippen LogP contribution in [0.4, 0.5) is 0 Å². The summed E-state index contributed by atoms with van der Waals surface area (Å²) in [7, 11) is -3.29. The van der Waals surface area contributed by atoms with Crippen molar-refractivity contribution in [2.24, 2.45) is 5.92 Å². The van der Waals surface area contributed by atoms with E-state index in [4.69, 9.17) is 5.11 Å². The molecule has 1 aromatic heterocycles. The molecule has 1 amide bonds. The standard InChI is InChI=1S/C12H19N3O4S/c1-20(18,19)11-6-13-14-10(11)5-9-3-2-4-15(7-9)12(17)8-16/h6,9,16H,2-5,7-8H2,1H3,(H,13,14). The summed E-state index contributed by atoms with van der Waals surface area (Å²) in [4.78, 5) is 13.4. The summed E-state index contributed by atoms with van der Waals surface area (Å²) >= 11 is 0. The van der Waals surface area contributed by atoms with E-state index in [9.17, 15) is 13.2 Å². The SMILES string of the molecule is CS(=O)(=O)c1cn[nH]c1CC1CCCN(C(=O)CO)C1. The first kappa shape index (κ1) is 15.0. The molecule has 0 spiro atoms. The highest BCUT2D eigenvalue weighted by atomic mass is 32.2. The van der Waals surface area contributed by atoms with Crippen molar-refractivity contribution in [3.63, 3.8) is 0 Å². The predicted octanol–water partition coefficient (Wildman–Crippen LogP) is -0.413. The number of aliphatic hydroxyl groups excluding tert-OH is 1. The number of H-pyrrole nitrogens is 1. The number of amides is 1. The van der Waals surface area contributed by atoms with Crippen LogP contribution in [-0.2, 0) is 21.1 Å². The van der Waals surface area contributed by atoms with Gasteiger partial charge in [0.2, 0.25) is 5.91 Å². The summed E-state index contributed by atoms with van der Waals surface area (Å²) in [6.45, 7) is 0.713. The van der Waals surface area contributed by atoms with Crippen molar-refractivity contribution in [1.82, 2.24) is 15.1 Å². The van der Waals surface area contributed by atoms with Crippen molar-refractivity contribution in [2.75, 3.05) is 26.0 Å². The topological polar surface area (TPSA) is 103 Å². The number of aromatic nitrogens is 2. The lowest BCUT2D eigenvalue weighted by atomic mass is 9.93. The zero-order valence-electron chi connectivity index (χ0n) is 11.4. The second-order valence-corrected chi connectivity index (χ2v) is 7.18. The van der Waals surface area contributed by atoms with Crippen molar-refractivity contribution in [2.45, 2.75) is 24.2 Å². The summed E-state index contributed by atoms with van der Waals surface area (Å²) in [5, 5.41) is 15.4. The highest BCUT2D eigenvalue weighted by molar-refractivity contribution is 7.90. The Hall–Kier alpha value is -1.41. The minimum Gasteiger partial charge on any atom is -0.387 e. The second kappa shape index (κ2) is 5.92. The second-order valence-electron chi connectivity index (χ2n) is 5.20. The van der Waals surface area contributed by atoms with E-state index in [1.54, 1.807) is 4.90 Å². The molecule has 1 saturated heterocycles. The van der Waals surface area contributed by atoms with Gasteiger partial charge in [-0.1, -0.05) is 0 Å². The quantitative estimate of drug-likeness (QED) is 0.786. The Morgan fingerprint density at radius 2 is 2.35 bits per heavy atom. The molecule has 1 aliphatic heterocycles. The lowest BCUT2D eigenvalue weighted by Gasteiger charge is -2.32. The Kier molecular flexibility index (Phi) is 4.44. The van der Waals surface area contributed by atoms with E-state index in [1.165, 1.54) is 6.20 Å². The Morgan fingerprint density at radius 1 is 1.60 bits per heavy atom. The molecule has 2 heterocycles. The molecule has 112 valence electrons. The number of nitrogens with zero attached hydrogens (tertiary/aromatic N) is 2. The summed E-state index contributed by atoms with van der Waals surface area (Å²) < 4.78 is 23.2. The van der Waals surface area contributed by atoms with E-state index in [2.05, 4.69) is 10.2 Å². The van der Waals surface area contributed by atoms with E-state index in [1.807, 2.05) is 0 Å². The Morgan fingerprint density at radius 3 is 3.00 bits per heavy atom. The number of carbonyl (C=O) groups is 1. The first-order chi connectivity index (χ1) is 9.41. The van der Waals surface area contributed by atoms with Gasteiger partial charge in [0.25, 0.3) is 0 Å². The zero-order valence-corrected chi connectivity index (χ0v) is 12.2. The van der Waals surface area contributed by atoms with Gasteiger partial charge in [-0.05, 0) is 25.2 Å². The lowest BCUT2D eigenvalue weighted by molar-refractivity contribution is -0.136. The molecule has 2 rings (SSSR count). The molecule has 1 atom stereocenters. The van der Waals surface area contributed by atoms with E-state index < -0.39 is 16.4 Å². The van der Waals surface area contributed by atoms with E-state index in [-0.39, 0.29) is 16.7 Å². The van der Waals surface area contributed by atoms with Crippen LogP contribution < -0.4 is 0 Å². The number of piperidine rings is 1. The highest BCUT2D eigenvalue weighted by Crippen LogP contribution is 2.23. The normalized spacial score (nSPS) is 20.1. The van der Waals surface area contributed by atoms with Gasteiger partial charge in [0.15, 0.2) is 9.84 Å². The van der Waals surface area contributed by atoms with Crippen molar-refractivity contribution in [1.29, 1.82) is 0 Å². The third-order valence-electron chi connectivity index (χ3n) is 3.58. The van der Waals surface area contributed by atoms with Crippen LogP contribution in [0.1, 0.15) is 18.5 Å². The Labute approximate surface area is 117 Å². The number of aliphatic hydroxyl groups is 1. The predicted molar refractivity (Wildman–Crippen MR) is 71.8 cm³/mol. The van der Waals surface area contributed by atoms with Crippen LogP contribution in [0.25, 0.3) is 0 Å². The first-order valence-corrected chi connectivity index (χ1v) is 8.42. The molecule has 1 aromatic rings. The summed E-state index contributed by atoms with van der Waals surface area (Å²) in [5.74, 6) is -0.0946. The van der Waals surface area contributed by atoms with E-state index >= 15 is 0 Å². The van der Waals surface area contributed by atoms with Crippen LogP contribution in [0.3, 0.4) is 0 Å². The van der Waals surface area contributed by atoms with Crippen LogP contribution in [0, 0.1) is 5.92 Å². The molecule has 0 bridgehead atoms. The van der Waals surface area contributed by atoms with Gasteiger partial charge in [0, 0.05) is 19.3 Å². The molecule has 0 radical (unpaired) electrons. The van der Waals surface area contributed by atoms with Gasteiger partial charge in [-0.3, -0.25) is 9.89 Å². The van der Waals surface area contributed by atoms with Crippen LogP contribution in [0.5, 0.6) is 0 Å². The van der Waals surface area contributed by atoms with Crippen LogP contribution in [-0.4, -0.2) is 60.5 Å². The number of sulfone groups is 1. The molecule has 2 N–H and O–H groups in total. The van der Waals surface area contributed by atoms with Crippen molar-refractivity contribution < 1.29 is 18.3 Å². The minimum absolute atomic E-state index is 0.181. The van der Waals surface area contributed by atoms with Crippen LogP contribution >= 0.6 is 0 Å². The summed E-state index contributed by atoms with van der Waals surface area (Å²) in [6, 6.07) is 0. The largest absolute Gasteiger partial charge is 0.387 e. The van der Waals surface area contributed by atoms with Gasteiger partial charge < -0.3 is 10.0 Å². The Bertz CT molecular complexity index is 581. The van der Waals surface area contributed by atoms with Gasteiger partial charge in [-0.15, -0.1) is 0 Å². The molecule has 20 heavy (non-hydrogen) atoms. The molecule has 1 fully saturated rings. The fraction of sp³-hybridized carbons (Fsp3) is 0.667. The summed E-state index contributed by atoms with van der Waals surface area (Å²) in [5.41, 5.74) is 0.593. The number of likely N-dealkylation sites (tertiary alicyclic amines) is 1. The molecule has 8 heteroatoms. The molecular formula is C12H19N3O4S. The molecule has 1 unspecified atom stereocenters. The zero-order chi connectivity index (χ0) is 14.8. The number of carbonyl (C=O) groups excluding carboxylic acids is 1. The first-order valence-electron chi connectivity index (χ1n) is 6.52. The number of nitrogens with one attached hydrogen (secondary N) is 1. The molecule has 1 aliphatic rings. The summed E-state index contributed by atoms with van der Waals surface area (Å²) in [6.07, 6.45) is 4.81. The fourth-order valence-electron chi connectivity index (χ4n) is 2.61. The molecule has 0 aromatic carbocycles. The maximum Gasteiger partial charge on any atom is 0.248 e. The maximum absolute atomic E-state index is 11.6. The number of hydrogen-bond acceptors (Lipinski definition) is 5. The monoisotopic (exact) mass is 301 g/mol. The lowest BCUT2D eigenvalue weighted by Crippen LogP contribution is -2.41. The van der Waals surface area contributed by atoms with E-state index in [0.717, 1.165) is 19.1 Å². The van der Waals surface area contributed by atoms with Crippen LogP contribution in [0.2, 0.25) is 0 Å². The molecule has 0 aliphatic carbocycles. The number of hydrogen-bond donors (Lipinski definition) is 2. The van der Waals surface area contributed by atoms with Gasteiger partial charge in [0.1, 0.15) is 11.5 Å². The number of aromatic amines is 1.